The molecule has 0 saturated carbocycles. The fourth-order valence-electron chi connectivity index (χ4n) is 2.85. The Morgan fingerprint density at radius 2 is 1.78 bits per heavy atom. The van der Waals surface area contributed by atoms with Crippen molar-refractivity contribution in [1.82, 2.24) is 20.6 Å². The molecule has 6 heteroatoms. The van der Waals surface area contributed by atoms with Gasteiger partial charge in [-0.25, -0.2) is 4.98 Å². The van der Waals surface area contributed by atoms with Gasteiger partial charge >= 0.3 is 0 Å². The lowest BCUT2D eigenvalue weighted by atomic mass is 9.92. The van der Waals surface area contributed by atoms with Crippen molar-refractivity contribution in [3.05, 3.63) is 60.4 Å². The number of amides is 2. The van der Waals surface area contributed by atoms with Gasteiger partial charge < -0.3 is 10.6 Å². The zero-order valence-corrected chi connectivity index (χ0v) is 15.6. The molecule has 0 aliphatic rings. The number of aromatic nitrogens is 2. The number of hydrogen-bond acceptors (Lipinski definition) is 4. The van der Waals surface area contributed by atoms with Gasteiger partial charge in [-0.1, -0.05) is 18.2 Å². The highest BCUT2D eigenvalue weighted by atomic mass is 16.2. The molecule has 0 bridgehead atoms. The normalized spacial score (nSPS) is 11.2. The number of carbonyl (C=O) groups excluding carboxylic acids is 2. The van der Waals surface area contributed by atoms with Crippen molar-refractivity contribution < 1.29 is 9.59 Å². The van der Waals surface area contributed by atoms with Crippen LogP contribution in [-0.4, -0.2) is 35.4 Å². The molecule has 0 aliphatic carbocycles. The first-order valence-electron chi connectivity index (χ1n) is 8.73. The molecule has 1 aromatic carbocycles. The Bertz CT molecular complexity index is 984. The average molecular weight is 362 g/mol. The van der Waals surface area contributed by atoms with Crippen molar-refractivity contribution in [3.8, 4) is 11.3 Å². The summed E-state index contributed by atoms with van der Waals surface area (Å²) in [6.07, 6.45) is 3.38. The number of carbonyl (C=O) groups is 2. The molecule has 0 aliphatic heterocycles. The minimum atomic E-state index is -0.707. The molecular formula is C21H22N4O2. The largest absolute Gasteiger partial charge is 0.359 e. The van der Waals surface area contributed by atoms with Gasteiger partial charge in [-0.2, -0.15) is 0 Å². The number of fused-ring (bicyclic) bond motifs is 1. The molecule has 2 heterocycles. The maximum absolute atomic E-state index is 12.9. The number of nitrogens with one attached hydrogen (secondary N) is 2. The van der Waals surface area contributed by atoms with Gasteiger partial charge in [0, 0.05) is 36.9 Å². The Kier molecular flexibility index (Phi) is 5.16. The van der Waals surface area contributed by atoms with Gasteiger partial charge in [-0.05, 0) is 38.1 Å². The molecule has 27 heavy (non-hydrogen) atoms. The van der Waals surface area contributed by atoms with E-state index in [4.69, 9.17) is 0 Å². The van der Waals surface area contributed by atoms with E-state index in [9.17, 15) is 9.59 Å². The van der Waals surface area contributed by atoms with Crippen LogP contribution in [0.2, 0.25) is 0 Å². The lowest BCUT2D eigenvalue weighted by Crippen LogP contribution is -2.43. The maximum atomic E-state index is 12.9. The topological polar surface area (TPSA) is 84.0 Å². The highest BCUT2D eigenvalue weighted by Crippen LogP contribution is 2.25. The fourth-order valence-corrected chi connectivity index (χ4v) is 2.85. The van der Waals surface area contributed by atoms with E-state index < -0.39 is 5.41 Å². The minimum absolute atomic E-state index is 0.125. The van der Waals surface area contributed by atoms with E-state index in [1.54, 1.807) is 39.4 Å². The Balaban J connectivity index is 1.97. The summed E-state index contributed by atoms with van der Waals surface area (Å²) in [6, 6.07) is 13.0. The third kappa shape index (κ3) is 3.95. The van der Waals surface area contributed by atoms with E-state index in [1.165, 1.54) is 0 Å². The summed E-state index contributed by atoms with van der Waals surface area (Å²) in [5, 5.41) is 6.28. The predicted molar refractivity (Wildman–Crippen MR) is 105 cm³/mol. The van der Waals surface area contributed by atoms with Crippen LogP contribution < -0.4 is 10.6 Å². The summed E-state index contributed by atoms with van der Waals surface area (Å²) in [6.45, 7) is 3.81. The summed E-state index contributed by atoms with van der Waals surface area (Å²) < 4.78 is 0. The van der Waals surface area contributed by atoms with Gasteiger partial charge in [0.05, 0.1) is 22.2 Å². The lowest BCUT2D eigenvalue weighted by Gasteiger charge is -2.23. The van der Waals surface area contributed by atoms with Crippen molar-refractivity contribution in [2.24, 2.45) is 5.41 Å². The molecule has 0 saturated heterocycles. The molecule has 0 fully saturated rings. The standard InChI is InChI=1S/C21H22N4O2/c1-21(2,20(27)22-3)13-24-19(26)16-12-18(14-8-10-23-11-9-14)25-17-7-5-4-6-15(16)17/h4-12H,13H2,1-3H3,(H,22,27)(H,24,26). The van der Waals surface area contributed by atoms with Crippen LogP contribution in [-0.2, 0) is 4.79 Å². The molecule has 6 nitrogen and oxygen atoms in total. The van der Waals surface area contributed by atoms with E-state index in [0.717, 1.165) is 16.5 Å². The number of benzene rings is 1. The molecular weight excluding hydrogens is 340 g/mol. The fraction of sp³-hybridized carbons (Fsp3) is 0.238. The smallest absolute Gasteiger partial charge is 0.252 e. The first kappa shape index (κ1) is 18.5. The van der Waals surface area contributed by atoms with Gasteiger partial charge in [0.2, 0.25) is 5.91 Å². The van der Waals surface area contributed by atoms with Crippen molar-refractivity contribution >= 4 is 22.7 Å². The molecule has 0 spiro atoms. The van der Waals surface area contributed by atoms with Crippen molar-refractivity contribution in [2.75, 3.05) is 13.6 Å². The summed E-state index contributed by atoms with van der Waals surface area (Å²) in [5.41, 5.74) is 2.14. The second-order valence-corrected chi connectivity index (χ2v) is 6.95. The number of nitrogens with zero attached hydrogens (tertiary/aromatic N) is 2. The predicted octanol–water partition coefficient (Wildman–Crippen LogP) is 2.80. The molecule has 138 valence electrons. The third-order valence-electron chi connectivity index (χ3n) is 4.47. The molecule has 2 amide bonds. The van der Waals surface area contributed by atoms with Gasteiger partial charge in [0.25, 0.3) is 5.91 Å². The van der Waals surface area contributed by atoms with Crippen LogP contribution in [0.1, 0.15) is 24.2 Å². The SMILES string of the molecule is CNC(=O)C(C)(C)CNC(=O)c1cc(-c2ccncc2)nc2ccccc12. The zero-order chi connectivity index (χ0) is 19.4. The summed E-state index contributed by atoms with van der Waals surface area (Å²) in [4.78, 5) is 33.6. The Hall–Kier alpha value is -3.28. The Morgan fingerprint density at radius 1 is 1.07 bits per heavy atom. The van der Waals surface area contributed by atoms with E-state index in [0.29, 0.717) is 11.3 Å². The van der Waals surface area contributed by atoms with Gasteiger partial charge in [0.1, 0.15) is 0 Å². The molecule has 0 atom stereocenters. The Morgan fingerprint density at radius 3 is 2.48 bits per heavy atom. The van der Waals surface area contributed by atoms with E-state index in [-0.39, 0.29) is 18.4 Å². The molecule has 2 N–H and O–H groups in total. The minimum Gasteiger partial charge on any atom is -0.359 e. The second kappa shape index (κ2) is 7.53. The number of para-hydroxylation sites is 1. The molecule has 3 rings (SSSR count). The van der Waals surface area contributed by atoms with Crippen LogP contribution in [0.4, 0.5) is 0 Å². The number of hydrogen-bond donors (Lipinski definition) is 2. The van der Waals surface area contributed by atoms with Crippen LogP contribution in [0, 0.1) is 5.41 Å². The van der Waals surface area contributed by atoms with Crippen LogP contribution in [0.5, 0.6) is 0 Å². The monoisotopic (exact) mass is 362 g/mol. The van der Waals surface area contributed by atoms with Gasteiger partial charge in [-0.15, -0.1) is 0 Å². The third-order valence-corrected chi connectivity index (χ3v) is 4.47. The lowest BCUT2D eigenvalue weighted by molar-refractivity contribution is -0.128. The van der Waals surface area contributed by atoms with Crippen molar-refractivity contribution in [1.29, 1.82) is 0 Å². The second-order valence-electron chi connectivity index (χ2n) is 6.95. The van der Waals surface area contributed by atoms with Gasteiger partial charge in [-0.3, -0.25) is 14.6 Å². The average Bonchev–Trinajstić information content (AvgIpc) is 2.71. The van der Waals surface area contributed by atoms with E-state index in [1.807, 2.05) is 36.4 Å². The maximum Gasteiger partial charge on any atom is 0.252 e. The highest BCUT2D eigenvalue weighted by Gasteiger charge is 2.27. The Labute approximate surface area is 158 Å². The van der Waals surface area contributed by atoms with Crippen LogP contribution in [0.3, 0.4) is 0 Å². The zero-order valence-electron chi connectivity index (χ0n) is 15.6. The van der Waals surface area contributed by atoms with Gasteiger partial charge in [0.15, 0.2) is 0 Å². The van der Waals surface area contributed by atoms with Crippen molar-refractivity contribution in [2.45, 2.75) is 13.8 Å². The van der Waals surface area contributed by atoms with E-state index >= 15 is 0 Å². The summed E-state index contributed by atoms with van der Waals surface area (Å²) >= 11 is 0. The molecule has 0 unspecified atom stereocenters. The van der Waals surface area contributed by atoms with Crippen LogP contribution in [0.15, 0.2) is 54.9 Å². The van der Waals surface area contributed by atoms with Crippen molar-refractivity contribution in [3.63, 3.8) is 0 Å². The molecule has 0 radical (unpaired) electrons. The highest BCUT2D eigenvalue weighted by molar-refractivity contribution is 6.07. The summed E-state index contributed by atoms with van der Waals surface area (Å²) in [5.74, 6) is -0.360. The van der Waals surface area contributed by atoms with Crippen LogP contribution >= 0.6 is 0 Å². The number of pyridine rings is 2. The van der Waals surface area contributed by atoms with Crippen LogP contribution in [0.25, 0.3) is 22.2 Å². The summed E-state index contributed by atoms with van der Waals surface area (Å²) in [7, 11) is 1.59. The van der Waals surface area contributed by atoms with E-state index in [2.05, 4.69) is 20.6 Å². The first-order chi connectivity index (χ1) is 12.9. The quantitative estimate of drug-likeness (QED) is 0.731. The first-order valence-corrected chi connectivity index (χ1v) is 8.73. The molecule has 3 aromatic rings. The number of rotatable bonds is 5. The molecule has 2 aromatic heterocycles.